The average Bonchev–Trinajstić information content (AvgIpc) is 3.54. The van der Waals surface area contributed by atoms with Crippen molar-refractivity contribution >= 4 is 22.9 Å². The number of aromatic amines is 1. The number of H-pyrrole nitrogens is 1. The summed E-state index contributed by atoms with van der Waals surface area (Å²) in [6, 6.07) is 21.3. The molecule has 0 fully saturated rings. The van der Waals surface area contributed by atoms with Crippen molar-refractivity contribution in [3.05, 3.63) is 95.2 Å². The molecule has 1 aromatic heterocycles. The van der Waals surface area contributed by atoms with Gasteiger partial charge in [-0.05, 0) is 59.5 Å². The fourth-order valence-corrected chi connectivity index (χ4v) is 5.01. The number of para-hydroxylation sites is 1. The van der Waals surface area contributed by atoms with Gasteiger partial charge in [0.25, 0.3) is 0 Å². The first-order valence-electron chi connectivity index (χ1n) is 12.0. The Balaban J connectivity index is 1.33. The summed E-state index contributed by atoms with van der Waals surface area (Å²) in [7, 11) is 0. The number of hydrogen-bond donors (Lipinski definition) is 2. The molecule has 182 valence electrons. The molecule has 1 unspecified atom stereocenters. The topological polar surface area (TPSA) is 84.0 Å². The Labute approximate surface area is 208 Å². The molecule has 1 amide bonds. The average molecular weight is 483 g/mol. The van der Waals surface area contributed by atoms with Crippen LogP contribution in [-0.4, -0.2) is 47.4 Å². The van der Waals surface area contributed by atoms with Crippen molar-refractivity contribution < 1.29 is 24.1 Å². The lowest BCUT2D eigenvalue weighted by Gasteiger charge is -2.35. The maximum absolute atomic E-state index is 13.5. The summed E-state index contributed by atoms with van der Waals surface area (Å²) >= 11 is 0. The van der Waals surface area contributed by atoms with Gasteiger partial charge in [-0.3, -0.25) is 4.79 Å². The number of ether oxygens (including phenoxy) is 3. The molecular formula is C29H26N2O5. The van der Waals surface area contributed by atoms with Crippen molar-refractivity contribution in [3.8, 4) is 17.2 Å². The van der Waals surface area contributed by atoms with Crippen LogP contribution in [0.5, 0.6) is 17.2 Å². The van der Waals surface area contributed by atoms with E-state index in [2.05, 4.69) is 17.1 Å². The third-order valence-corrected chi connectivity index (χ3v) is 6.69. The Morgan fingerprint density at radius 3 is 2.78 bits per heavy atom. The molecule has 2 aliphatic heterocycles. The second kappa shape index (κ2) is 9.43. The highest BCUT2D eigenvalue weighted by molar-refractivity contribution is 5.93. The van der Waals surface area contributed by atoms with Crippen LogP contribution in [0.15, 0.2) is 72.8 Å². The van der Waals surface area contributed by atoms with Gasteiger partial charge in [-0.1, -0.05) is 36.4 Å². The van der Waals surface area contributed by atoms with Gasteiger partial charge >= 0.3 is 0 Å². The van der Waals surface area contributed by atoms with Gasteiger partial charge in [0.05, 0.1) is 12.6 Å². The smallest absolute Gasteiger partial charge is 0.247 e. The number of hydrogen-bond acceptors (Lipinski definition) is 5. The molecule has 2 aliphatic rings. The first kappa shape index (κ1) is 22.2. The SMILES string of the molecule is O=C(C=Cc1ccc(OCCO)cc1)N1CCc2c([nH]c3ccccc23)C1c1ccc2c(c1)OCO2. The Bertz CT molecular complexity index is 1440. The summed E-state index contributed by atoms with van der Waals surface area (Å²) in [5.74, 6) is 2.03. The van der Waals surface area contributed by atoms with Crippen LogP contribution in [0.25, 0.3) is 17.0 Å². The van der Waals surface area contributed by atoms with Gasteiger partial charge in [-0.2, -0.15) is 0 Å². The molecule has 7 nitrogen and oxygen atoms in total. The Hall–Kier alpha value is -4.23. The van der Waals surface area contributed by atoms with E-state index in [1.165, 1.54) is 10.9 Å². The molecule has 3 aromatic carbocycles. The minimum Gasteiger partial charge on any atom is -0.491 e. The fourth-order valence-electron chi connectivity index (χ4n) is 5.01. The van der Waals surface area contributed by atoms with E-state index in [-0.39, 0.29) is 32.0 Å². The van der Waals surface area contributed by atoms with Gasteiger partial charge in [-0.25, -0.2) is 0 Å². The van der Waals surface area contributed by atoms with E-state index in [1.807, 2.05) is 65.6 Å². The summed E-state index contributed by atoms with van der Waals surface area (Å²) in [6.45, 7) is 1.02. The minimum absolute atomic E-state index is 0.0331. The lowest BCUT2D eigenvalue weighted by molar-refractivity contribution is -0.128. The molecule has 0 spiro atoms. The lowest BCUT2D eigenvalue weighted by atomic mass is 9.92. The highest BCUT2D eigenvalue weighted by Gasteiger charge is 2.34. The molecule has 0 bridgehead atoms. The largest absolute Gasteiger partial charge is 0.491 e. The minimum atomic E-state index is -0.276. The van der Waals surface area contributed by atoms with Crippen molar-refractivity contribution in [1.82, 2.24) is 9.88 Å². The van der Waals surface area contributed by atoms with Crippen molar-refractivity contribution in [2.45, 2.75) is 12.5 Å². The Morgan fingerprint density at radius 1 is 1.08 bits per heavy atom. The second-order valence-corrected chi connectivity index (χ2v) is 8.83. The highest BCUT2D eigenvalue weighted by atomic mass is 16.7. The number of carbonyl (C=O) groups excluding carboxylic acids is 1. The highest BCUT2D eigenvalue weighted by Crippen LogP contribution is 2.42. The summed E-state index contributed by atoms with van der Waals surface area (Å²) < 4.78 is 16.6. The first-order valence-corrected chi connectivity index (χ1v) is 12.0. The van der Waals surface area contributed by atoms with Gasteiger partial charge in [0.2, 0.25) is 12.7 Å². The molecule has 0 saturated heterocycles. The summed E-state index contributed by atoms with van der Waals surface area (Å²) in [5, 5.41) is 10.1. The predicted molar refractivity (Wildman–Crippen MR) is 136 cm³/mol. The number of aliphatic hydroxyl groups is 1. The van der Waals surface area contributed by atoms with Gasteiger partial charge < -0.3 is 29.2 Å². The number of amides is 1. The summed E-state index contributed by atoms with van der Waals surface area (Å²) in [4.78, 5) is 19.0. The first-order chi connectivity index (χ1) is 17.7. The zero-order valence-electron chi connectivity index (χ0n) is 19.6. The summed E-state index contributed by atoms with van der Waals surface area (Å²) in [5.41, 5.74) is 5.22. The molecule has 36 heavy (non-hydrogen) atoms. The number of rotatable bonds is 6. The van der Waals surface area contributed by atoms with Crippen molar-refractivity contribution in [1.29, 1.82) is 0 Å². The monoisotopic (exact) mass is 482 g/mol. The number of nitrogens with zero attached hydrogens (tertiary/aromatic N) is 1. The Morgan fingerprint density at radius 2 is 1.92 bits per heavy atom. The molecule has 3 heterocycles. The second-order valence-electron chi connectivity index (χ2n) is 8.83. The quantitative estimate of drug-likeness (QED) is 0.397. The van der Waals surface area contributed by atoms with Crippen LogP contribution in [0.1, 0.15) is 28.4 Å². The molecule has 1 atom stereocenters. The number of fused-ring (bicyclic) bond motifs is 4. The van der Waals surface area contributed by atoms with Crippen LogP contribution in [0.3, 0.4) is 0 Å². The van der Waals surface area contributed by atoms with Crippen molar-refractivity contribution in [2.24, 2.45) is 0 Å². The molecule has 0 radical (unpaired) electrons. The molecule has 6 rings (SSSR count). The lowest BCUT2D eigenvalue weighted by Crippen LogP contribution is -2.39. The zero-order chi connectivity index (χ0) is 24.5. The van der Waals surface area contributed by atoms with E-state index in [4.69, 9.17) is 19.3 Å². The number of aliphatic hydroxyl groups excluding tert-OH is 1. The molecule has 0 aliphatic carbocycles. The molecule has 0 saturated carbocycles. The number of nitrogens with one attached hydrogen (secondary N) is 1. The molecular weight excluding hydrogens is 456 g/mol. The van der Waals surface area contributed by atoms with Crippen molar-refractivity contribution in [2.75, 3.05) is 26.6 Å². The molecule has 2 N–H and O–H groups in total. The maximum atomic E-state index is 13.5. The normalized spacial score (nSPS) is 16.5. The third-order valence-electron chi connectivity index (χ3n) is 6.69. The van der Waals surface area contributed by atoms with E-state index in [1.54, 1.807) is 6.08 Å². The van der Waals surface area contributed by atoms with E-state index in [9.17, 15) is 4.79 Å². The fraction of sp³-hybridized carbons (Fsp3) is 0.207. The van der Waals surface area contributed by atoms with Crippen LogP contribution in [0.4, 0.5) is 0 Å². The van der Waals surface area contributed by atoms with E-state index < -0.39 is 0 Å². The number of aromatic nitrogens is 1. The van der Waals surface area contributed by atoms with E-state index in [0.717, 1.165) is 34.5 Å². The maximum Gasteiger partial charge on any atom is 0.247 e. The van der Waals surface area contributed by atoms with E-state index >= 15 is 0 Å². The number of benzene rings is 3. The van der Waals surface area contributed by atoms with E-state index in [0.29, 0.717) is 18.0 Å². The zero-order valence-corrected chi connectivity index (χ0v) is 19.6. The van der Waals surface area contributed by atoms with Gasteiger partial charge in [0.1, 0.15) is 12.4 Å². The number of carbonyl (C=O) groups is 1. The van der Waals surface area contributed by atoms with Crippen LogP contribution in [0.2, 0.25) is 0 Å². The standard InChI is InChI=1S/C29H26N2O5/c32-15-16-34-21-9-5-19(6-10-21)7-12-27(33)31-14-13-23-22-3-1-2-4-24(22)30-28(23)29(31)20-8-11-25-26(17-20)36-18-35-25/h1-12,17,29-30,32H,13-16,18H2. The Kier molecular flexibility index (Phi) is 5.83. The van der Waals surface area contributed by atoms with Crippen LogP contribution >= 0.6 is 0 Å². The third kappa shape index (κ3) is 4.07. The van der Waals surface area contributed by atoms with Crippen LogP contribution < -0.4 is 14.2 Å². The van der Waals surface area contributed by atoms with Crippen LogP contribution in [0, 0.1) is 0 Å². The molecule has 4 aromatic rings. The van der Waals surface area contributed by atoms with Gasteiger partial charge in [0.15, 0.2) is 11.5 Å². The van der Waals surface area contributed by atoms with Crippen LogP contribution in [-0.2, 0) is 11.2 Å². The van der Waals surface area contributed by atoms with Crippen molar-refractivity contribution in [3.63, 3.8) is 0 Å². The molecule has 7 heteroatoms. The van der Waals surface area contributed by atoms with Gasteiger partial charge in [0, 0.05) is 29.2 Å². The van der Waals surface area contributed by atoms with Gasteiger partial charge in [-0.15, -0.1) is 0 Å². The predicted octanol–water partition coefficient (Wildman–Crippen LogP) is 4.46. The summed E-state index contributed by atoms with van der Waals surface area (Å²) in [6.07, 6.45) is 4.21.